The number of nitrogens with zero attached hydrogens (tertiary/aromatic N) is 3. The first-order valence-corrected chi connectivity index (χ1v) is 6.80. The summed E-state index contributed by atoms with van der Waals surface area (Å²) in [6.07, 6.45) is 3.78. The number of thioether (sulfide) groups is 1. The highest BCUT2D eigenvalue weighted by Gasteiger charge is 2.11. The summed E-state index contributed by atoms with van der Waals surface area (Å²) >= 11 is 1.62. The van der Waals surface area contributed by atoms with Crippen LogP contribution < -0.4 is 5.32 Å². The van der Waals surface area contributed by atoms with Gasteiger partial charge in [0.1, 0.15) is 5.69 Å². The summed E-state index contributed by atoms with van der Waals surface area (Å²) < 4.78 is 6.77. The smallest absolute Gasteiger partial charge is 0.268 e. The highest BCUT2D eigenvalue weighted by Crippen LogP contribution is 2.05. The van der Waals surface area contributed by atoms with E-state index in [-0.39, 0.29) is 12.5 Å². The fourth-order valence-electron chi connectivity index (χ4n) is 1.49. The minimum Gasteiger partial charge on any atom is -0.347 e. The molecule has 0 saturated heterocycles. The van der Waals surface area contributed by atoms with Crippen molar-refractivity contribution in [2.45, 2.75) is 12.3 Å². The van der Waals surface area contributed by atoms with E-state index in [0.29, 0.717) is 23.2 Å². The molecule has 2 aromatic rings. The summed E-state index contributed by atoms with van der Waals surface area (Å²) in [5.74, 6) is 1.61. The zero-order valence-corrected chi connectivity index (χ0v) is 11.0. The summed E-state index contributed by atoms with van der Waals surface area (Å²) in [5, 5.41) is 6.54. The van der Waals surface area contributed by atoms with Crippen LogP contribution in [0.2, 0.25) is 0 Å². The molecule has 0 aromatic carbocycles. The molecule has 2 aromatic heterocycles. The largest absolute Gasteiger partial charge is 0.347 e. The van der Waals surface area contributed by atoms with Crippen molar-refractivity contribution in [1.82, 2.24) is 20.0 Å². The molecule has 1 amide bonds. The normalized spacial score (nSPS) is 10.6. The standard InChI is InChI=1S/C11H14N4O2S/c1-15-5-3-4-8(15)11(16)12-6-10-13-9(7-18-2)14-17-10/h3-5H,6-7H2,1-2H3,(H,12,16). The van der Waals surface area contributed by atoms with E-state index in [2.05, 4.69) is 15.5 Å². The first-order valence-electron chi connectivity index (χ1n) is 5.40. The minimum atomic E-state index is -0.160. The van der Waals surface area contributed by atoms with Gasteiger partial charge in [-0.2, -0.15) is 16.7 Å². The Bertz CT molecular complexity index is 535. The molecule has 2 heterocycles. The lowest BCUT2D eigenvalue weighted by molar-refractivity contribution is 0.0938. The number of carbonyl (C=O) groups excluding carboxylic acids is 1. The third-order valence-electron chi connectivity index (χ3n) is 2.36. The Morgan fingerprint density at radius 1 is 1.61 bits per heavy atom. The average molecular weight is 266 g/mol. The van der Waals surface area contributed by atoms with Gasteiger partial charge in [0.2, 0.25) is 5.89 Å². The molecule has 0 radical (unpaired) electrons. The molecule has 18 heavy (non-hydrogen) atoms. The van der Waals surface area contributed by atoms with E-state index in [1.54, 1.807) is 22.4 Å². The van der Waals surface area contributed by atoms with Crippen molar-refractivity contribution in [3.8, 4) is 0 Å². The molecule has 0 atom stereocenters. The molecule has 7 heteroatoms. The van der Waals surface area contributed by atoms with E-state index in [0.717, 1.165) is 0 Å². The van der Waals surface area contributed by atoms with Crippen LogP contribution >= 0.6 is 11.8 Å². The SMILES string of the molecule is CSCc1noc(CNC(=O)c2cccn2C)n1. The lowest BCUT2D eigenvalue weighted by atomic mass is 10.4. The summed E-state index contributed by atoms with van der Waals surface area (Å²) in [5.41, 5.74) is 0.596. The molecular weight excluding hydrogens is 252 g/mol. The number of rotatable bonds is 5. The van der Waals surface area contributed by atoms with Gasteiger partial charge in [0.25, 0.3) is 5.91 Å². The summed E-state index contributed by atoms with van der Waals surface area (Å²) in [4.78, 5) is 16.0. The maximum atomic E-state index is 11.8. The van der Waals surface area contributed by atoms with Gasteiger partial charge in [0.05, 0.1) is 12.3 Å². The molecular formula is C11H14N4O2S. The predicted molar refractivity (Wildman–Crippen MR) is 68.1 cm³/mol. The number of carbonyl (C=O) groups is 1. The maximum Gasteiger partial charge on any atom is 0.268 e. The topological polar surface area (TPSA) is 73.0 Å². The average Bonchev–Trinajstić information content (AvgIpc) is 2.96. The van der Waals surface area contributed by atoms with Crippen molar-refractivity contribution in [3.05, 3.63) is 35.7 Å². The second kappa shape index (κ2) is 5.72. The van der Waals surface area contributed by atoms with E-state index in [1.165, 1.54) is 0 Å². The van der Waals surface area contributed by atoms with Gasteiger partial charge in [-0.1, -0.05) is 5.16 Å². The predicted octanol–water partition coefficient (Wildman–Crippen LogP) is 1.20. The minimum absolute atomic E-state index is 0.160. The van der Waals surface area contributed by atoms with Crippen LogP contribution in [0.5, 0.6) is 0 Å². The molecule has 96 valence electrons. The molecule has 0 aliphatic heterocycles. The van der Waals surface area contributed by atoms with Gasteiger partial charge in [-0.25, -0.2) is 0 Å². The summed E-state index contributed by atoms with van der Waals surface area (Å²) in [7, 11) is 1.82. The van der Waals surface area contributed by atoms with Gasteiger partial charge < -0.3 is 14.4 Å². The molecule has 0 fully saturated rings. The van der Waals surface area contributed by atoms with Gasteiger partial charge >= 0.3 is 0 Å². The van der Waals surface area contributed by atoms with Crippen molar-refractivity contribution < 1.29 is 9.32 Å². The molecule has 2 rings (SSSR count). The third kappa shape index (κ3) is 2.92. The fraction of sp³-hybridized carbons (Fsp3) is 0.364. The molecule has 0 bridgehead atoms. The zero-order chi connectivity index (χ0) is 13.0. The number of amides is 1. The first-order chi connectivity index (χ1) is 8.70. The van der Waals surface area contributed by atoms with Crippen LogP contribution in [0.15, 0.2) is 22.9 Å². The highest BCUT2D eigenvalue weighted by atomic mass is 32.2. The fourth-order valence-corrected chi connectivity index (χ4v) is 1.87. The Labute approximate surface area is 109 Å². The molecule has 0 saturated carbocycles. The van der Waals surface area contributed by atoms with Gasteiger partial charge in [-0.05, 0) is 18.4 Å². The van der Waals surface area contributed by atoms with Crippen LogP contribution in [-0.4, -0.2) is 26.9 Å². The van der Waals surface area contributed by atoms with Crippen molar-refractivity contribution in [2.75, 3.05) is 6.26 Å². The van der Waals surface area contributed by atoms with Crippen molar-refractivity contribution in [1.29, 1.82) is 0 Å². The molecule has 0 unspecified atom stereocenters. The highest BCUT2D eigenvalue weighted by molar-refractivity contribution is 7.97. The monoisotopic (exact) mass is 266 g/mol. The Balaban J connectivity index is 1.91. The van der Waals surface area contributed by atoms with E-state index < -0.39 is 0 Å². The molecule has 0 spiro atoms. The maximum absolute atomic E-state index is 11.8. The van der Waals surface area contributed by atoms with E-state index in [1.807, 2.05) is 25.6 Å². The van der Waals surface area contributed by atoms with Gasteiger partial charge in [-0.15, -0.1) is 0 Å². The Morgan fingerprint density at radius 3 is 3.11 bits per heavy atom. The number of hydrogen-bond acceptors (Lipinski definition) is 5. The molecule has 0 aliphatic carbocycles. The van der Waals surface area contributed by atoms with Crippen LogP contribution in [0.1, 0.15) is 22.2 Å². The van der Waals surface area contributed by atoms with Gasteiger partial charge in [-0.3, -0.25) is 4.79 Å². The van der Waals surface area contributed by atoms with Crippen LogP contribution in [-0.2, 0) is 19.3 Å². The summed E-state index contributed by atoms with van der Waals surface area (Å²) in [6.45, 7) is 0.241. The van der Waals surface area contributed by atoms with Gasteiger partial charge in [0.15, 0.2) is 5.82 Å². The third-order valence-corrected chi connectivity index (χ3v) is 2.91. The Kier molecular flexibility index (Phi) is 4.03. The second-order valence-corrected chi connectivity index (χ2v) is 4.59. The second-order valence-electron chi connectivity index (χ2n) is 3.72. The van der Waals surface area contributed by atoms with Crippen LogP contribution in [0.25, 0.3) is 0 Å². The number of hydrogen-bond donors (Lipinski definition) is 1. The lowest BCUT2D eigenvalue weighted by Gasteiger charge is -2.02. The van der Waals surface area contributed by atoms with Crippen molar-refractivity contribution >= 4 is 17.7 Å². The molecule has 1 N–H and O–H groups in total. The van der Waals surface area contributed by atoms with Crippen LogP contribution in [0.3, 0.4) is 0 Å². The summed E-state index contributed by atoms with van der Waals surface area (Å²) in [6, 6.07) is 3.57. The van der Waals surface area contributed by atoms with Gasteiger partial charge in [0, 0.05) is 13.2 Å². The van der Waals surface area contributed by atoms with Crippen LogP contribution in [0.4, 0.5) is 0 Å². The number of aromatic nitrogens is 3. The van der Waals surface area contributed by atoms with E-state index in [9.17, 15) is 4.79 Å². The Morgan fingerprint density at radius 2 is 2.44 bits per heavy atom. The van der Waals surface area contributed by atoms with E-state index >= 15 is 0 Å². The van der Waals surface area contributed by atoms with Crippen LogP contribution in [0, 0.1) is 0 Å². The Hall–Kier alpha value is -1.76. The quantitative estimate of drug-likeness (QED) is 0.880. The van der Waals surface area contributed by atoms with E-state index in [4.69, 9.17) is 4.52 Å². The lowest BCUT2D eigenvalue weighted by Crippen LogP contribution is -2.24. The number of nitrogens with one attached hydrogen (secondary N) is 1. The molecule has 6 nitrogen and oxygen atoms in total. The first kappa shape index (κ1) is 12.7. The number of aryl methyl sites for hydroxylation is 1. The van der Waals surface area contributed by atoms with Crippen molar-refractivity contribution in [3.63, 3.8) is 0 Å². The zero-order valence-electron chi connectivity index (χ0n) is 10.2. The van der Waals surface area contributed by atoms with Crippen molar-refractivity contribution in [2.24, 2.45) is 7.05 Å². The molecule has 0 aliphatic rings.